The van der Waals surface area contributed by atoms with Crippen LogP contribution in [0.25, 0.3) is 10.9 Å². The number of anilines is 1. The molecule has 5 nitrogen and oxygen atoms in total. The van der Waals surface area contributed by atoms with Gasteiger partial charge in [-0.25, -0.2) is 13.5 Å². The number of nitrogens with zero attached hydrogens (tertiary/aromatic N) is 3. The zero-order chi connectivity index (χ0) is 19.7. The molecule has 140 valence electrons. The number of pyridine rings is 1. The SMILES string of the molecule is Cc1cnn(Cc2cc(F)ccc2F)c1NC(=O)c1cccc2ncccc12. The van der Waals surface area contributed by atoms with Crippen LogP contribution in [0.1, 0.15) is 21.5 Å². The fourth-order valence-corrected chi connectivity index (χ4v) is 3.06. The van der Waals surface area contributed by atoms with Crippen molar-refractivity contribution in [1.29, 1.82) is 0 Å². The van der Waals surface area contributed by atoms with Crippen molar-refractivity contribution in [3.63, 3.8) is 0 Å². The molecule has 2 heterocycles. The Morgan fingerprint density at radius 2 is 2.00 bits per heavy atom. The van der Waals surface area contributed by atoms with Gasteiger partial charge in [0, 0.05) is 28.3 Å². The number of rotatable bonds is 4. The molecule has 28 heavy (non-hydrogen) atoms. The van der Waals surface area contributed by atoms with Gasteiger partial charge in [-0.05, 0) is 43.3 Å². The number of hydrogen-bond donors (Lipinski definition) is 1. The molecule has 0 unspecified atom stereocenters. The predicted octanol–water partition coefficient (Wildman–Crippen LogP) is 4.32. The topological polar surface area (TPSA) is 59.8 Å². The van der Waals surface area contributed by atoms with E-state index in [0.29, 0.717) is 22.5 Å². The van der Waals surface area contributed by atoms with Crippen molar-refractivity contribution in [3.8, 4) is 0 Å². The molecule has 0 fully saturated rings. The smallest absolute Gasteiger partial charge is 0.257 e. The molecule has 4 aromatic rings. The number of fused-ring (bicyclic) bond motifs is 1. The van der Waals surface area contributed by atoms with E-state index >= 15 is 0 Å². The Morgan fingerprint density at radius 1 is 1.14 bits per heavy atom. The van der Waals surface area contributed by atoms with E-state index in [1.54, 1.807) is 37.5 Å². The van der Waals surface area contributed by atoms with E-state index in [1.165, 1.54) is 4.68 Å². The first kappa shape index (κ1) is 17.8. The highest BCUT2D eigenvalue weighted by Crippen LogP contribution is 2.21. The molecule has 0 bridgehead atoms. The maximum Gasteiger partial charge on any atom is 0.257 e. The molecule has 0 saturated carbocycles. The molecular weight excluding hydrogens is 362 g/mol. The van der Waals surface area contributed by atoms with Gasteiger partial charge in [0.15, 0.2) is 0 Å². The largest absolute Gasteiger partial charge is 0.307 e. The third kappa shape index (κ3) is 3.34. The summed E-state index contributed by atoms with van der Waals surface area (Å²) in [6.45, 7) is 1.77. The minimum atomic E-state index is -0.535. The van der Waals surface area contributed by atoms with Crippen LogP contribution in [0, 0.1) is 18.6 Å². The molecule has 7 heteroatoms. The van der Waals surface area contributed by atoms with Crippen LogP contribution in [0.3, 0.4) is 0 Å². The number of aryl methyl sites for hydroxylation is 1. The lowest BCUT2D eigenvalue weighted by atomic mass is 10.1. The van der Waals surface area contributed by atoms with Gasteiger partial charge < -0.3 is 5.32 Å². The standard InChI is InChI=1S/C21H16F2N4O/c1-13-11-25-27(12-14-10-15(22)7-8-18(14)23)20(13)26-21(28)17-4-2-6-19-16(17)5-3-9-24-19/h2-11H,12H2,1H3,(H,26,28). The highest BCUT2D eigenvalue weighted by Gasteiger charge is 2.16. The third-order valence-electron chi connectivity index (χ3n) is 4.47. The second-order valence-corrected chi connectivity index (χ2v) is 6.40. The Kier molecular flexibility index (Phi) is 4.57. The van der Waals surface area contributed by atoms with Gasteiger partial charge in [-0.1, -0.05) is 12.1 Å². The fraction of sp³-hybridized carbons (Fsp3) is 0.0952. The molecule has 0 radical (unpaired) electrons. The zero-order valence-electron chi connectivity index (χ0n) is 15.0. The second kappa shape index (κ2) is 7.19. The van der Waals surface area contributed by atoms with Gasteiger partial charge in [0.1, 0.15) is 17.5 Å². The summed E-state index contributed by atoms with van der Waals surface area (Å²) in [6, 6.07) is 12.1. The molecule has 0 aliphatic carbocycles. The number of aromatic nitrogens is 3. The molecule has 4 rings (SSSR count). The molecule has 0 aliphatic heterocycles. The zero-order valence-corrected chi connectivity index (χ0v) is 15.0. The maximum atomic E-state index is 14.0. The average molecular weight is 378 g/mol. The fourth-order valence-electron chi connectivity index (χ4n) is 3.06. The monoisotopic (exact) mass is 378 g/mol. The minimum absolute atomic E-state index is 0.00978. The summed E-state index contributed by atoms with van der Waals surface area (Å²) < 4.78 is 28.9. The van der Waals surface area contributed by atoms with Gasteiger partial charge in [-0.3, -0.25) is 9.78 Å². The van der Waals surface area contributed by atoms with Crippen molar-refractivity contribution in [2.75, 3.05) is 5.32 Å². The number of benzene rings is 2. The molecule has 0 aliphatic rings. The van der Waals surface area contributed by atoms with Crippen LogP contribution in [-0.2, 0) is 6.54 Å². The third-order valence-corrected chi connectivity index (χ3v) is 4.47. The van der Waals surface area contributed by atoms with Crippen LogP contribution in [0.2, 0.25) is 0 Å². The Balaban J connectivity index is 1.66. The summed E-state index contributed by atoms with van der Waals surface area (Å²) in [5.74, 6) is -0.973. The summed E-state index contributed by atoms with van der Waals surface area (Å²) in [7, 11) is 0. The summed E-state index contributed by atoms with van der Waals surface area (Å²) in [6.07, 6.45) is 3.23. The summed E-state index contributed by atoms with van der Waals surface area (Å²) in [4.78, 5) is 17.1. The quantitative estimate of drug-likeness (QED) is 0.575. The predicted molar refractivity (Wildman–Crippen MR) is 102 cm³/mol. The van der Waals surface area contributed by atoms with E-state index < -0.39 is 11.6 Å². The normalized spacial score (nSPS) is 11.0. The molecule has 0 atom stereocenters. The van der Waals surface area contributed by atoms with Crippen LogP contribution >= 0.6 is 0 Å². The van der Waals surface area contributed by atoms with Gasteiger partial charge in [0.05, 0.1) is 18.3 Å². The van der Waals surface area contributed by atoms with Crippen LogP contribution in [0.5, 0.6) is 0 Å². The maximum absolute atomic E-state index is 14.0. The first-order valence-electron chi connectivity index (χ1n) is 8.64. The Labute approximate surface area is 159 Å². The average Bonchev–Trinajstić information content (AvgIpc) is 3.03. The second-order valence-electron chi connectivity index (χ2n) is 6.40. The first-order chi connectivity index (χ1) is 13.5. The van der Waals surface area contributed by atoms with Crippen LogP contribution in [0.4, 0.5) is 14.6 Å². The summed E-state index contributed by atoms with van der Waals surface area (Å²) in [5.41, 5.74) is 2.04. The minimum Gasteiger partial charge on any atom is -0.307 e. The highest BCUT2D eigenvalue weighted by atomic mass is 19.1. The molecule has 2 aromatic carbocycles. The molecule has 0 spiro atoms. The Hall–Kier alpha value is -3.61. The van der Waals surface area contributed by atoms with E-state index in [2.05, 4.69) is 15.4 Å². The summed E-state index contributed by atoms with van der Waals surface area (Å²) >= 11 is 0. The van der Waals surface area contributed by atoms with Gasteiger partial charge in [-0.15, -0.1) is 0 Å². The number of nitrogens with one attached hydrogen (secondary N) is 1. The van der Waals surface area contributed by atoms with Crippen LogP contribution in [0.15, 0.2) is 60.9 Å². The van der Waals surface area contributed by atoms with Gasteiger partial charge >= 0.3 is 0 Å². The molecule has 1 amide bonds. The van der Waals surface area contributed by atoms with Gasteiger partial charge in [0.2, 0.25) is 0 Å². The van der Waals surface area contributed by atoms with E-state index in [4.69, 9.17) is 0 Å². The first-order valence-corrected chi connectivity index (χ1v) is 8.64. The van der Waals surface area contributed by atoms with Crippen molar-refractivity contribution >= 4 is 22.6 Å². The van der Waals surface area contributed by atoms with E-state index in [0.717, 1.165) is 23.6 Å². The number of amides is 1. The number of hydrogen-bond acceptors (Lipinski definition) is 3. The number of halogens is 2. The number of carbonyl (C=O) groups is 1. The highest BCUT2D eigenvalue weighted by molar-refractivity contribution is 6.12. The van der Waals surface area contributed by atoms with E-state index in [1.807, 2.05) is 12.1 Å². The van der Waals surface area contributed by atoms with Crippen LogP contribution < -0.4 is 5.32 Å². The molecule has 1 N–H and O–H groups in total. The Morgan fingerprint density at radius 3 is 2.86 bits per heavy atom. The lowest BCUT2D eigenvalue weighted by Gasteiger charge is -2.12. The van der Waals surface area contributed by atoms with Gasteiger partial charge in [-0.2, -0.15) is 5.10 Å². The molecular formula is C21H16F2N4O. The van der Waals surface area contributed by atoms with Crippen molar-refractivity contribution in [1.82, 2.24) is 14.8 Å². The number of carbonyl (C=O) groups excluding carboxylic acids is 1. The van der Waals surface area contributed by atoms with Gasteiger partial charge in [0.25, 0.3) is 5.91 Å². The van der Waals surface area contributed by atoms with Crippen molar-refractivity contribution in [2.24, 2.45) is 0 Å². The Bertz CT molecular complexity index is 1180. The lowest BCUT2D eigenvalue weighted by molar-refractivity contribution is 0.102. The van der Waals surface area contributed by atoms with Crippen molar-refractivity contribution in [3.05, 3.63) is 89.2 Å². The van der Waals surface area contributed by atoms with Crippen molar-refractivity contribution in [2.45, 2.75) is 13.5 Å². The molecule has 0 saturated heterocycles. The van der Waals surface area contributed by atoms with E-state index in [9.17, 15) is 13.6 Å². The van der Waals surface area contributed by atoms with Crippen molar-refractivity contribution < 1.29 is 13.6 Å². The summed E-state index contributed by atoms with van der Waals surface area (Å²) in [5, 5.41) is 7.75. The molecule has 2 aromatic heterocycles. The van der Waals surface area contributed by atoms with E-state index in [-0.39, 0.29) is 18.0 Å². The van der Waals surface area contributed by atoms with Crippen LogP contribution in [-0.4, -0.2) is 20.7 Å². The lowest BCUT2D eigenvalue weighted by Crippen LogP contribution is -2.17.